The Kier molecular flexibility index (Phi) is 5.22. The van der Waals surface area contributed by atoms with Gasteiger partial charge in [0.25, 0.3) is 0 Å². The standard InChI is InChI=1S/C16H22N2O3/c1-5-20-15-8-13(6-7-14(15)19-4)10-17-12(3)16-18-9-11(2)21-16/h6-9,12,17H,5,10H2,1-4H3. The van der Waals surface area contributed by atoms with E-state index in [0.717, 1.165) is 22.8 Å². The smallest absolute Gasteiger partial charge is 0.211 e. The van der Waals surface area contributed by atoms with Crippen molar-refractivity contribution < 1.29 is 13.9 Å². The van der Waals surface area contributed by atoms with E-state index in [4.69, 9.17) is 13.9 Å². The molecule has 0 bridgehead atoms. The molecule has 5 heteroatoms. The van der Waals surface area contributed by atoms with Crippen molar-refractivity contribution in [2.75, 3.05) is 13.7 Å². The summed E-state index contributed by atoms with van der Waals surface area (Å²) in [5.41, 5.74) is 1.12. The summed E-state index contributed by atoms with van der Waals surface area (Å²) in [6.45, 7) is 7.18. The Hall–Kier alpha value is -2.01. The van der Waals surface area contributed by atoms with Crippen LogP contribution in [0.2, 0.25) is 0 Å². The molecule has 1 unspecified atom stereocenters. The highest BCUT2D eigenvalue weighted by Crippen LogP contribution is 2.28. The van der Waals surface area contributed by atoms with Gasteiger partial charge in [0.2, 0.25) is 5.89 Å². The predicted octanol–water partition coefficient (Wildman–Crippen LogP) is 3.24. The Morgan fingerprint density at radius 2 is 2.14 bits per heavy atom. The second kappa shape index (κ2) is 7.13. The highest BCUT2D eigenvalue weighted by molar-refractivity contribution is 5.42. The molecule has 0 aliphatic heterocycles. The average Bonchev–Trinajstić information content (AvgIpc) is 2.92. The summed E-state index contributed by atoms with van der Waals surface area (Å²) in [4.78, 5) is 4.23. The zero-order valence-corrected chi connectivity index (χ0v) is 13.0. The molecule has 1 N–H and O–H groups in total. The van der Waals surface area contributed by atoms with E-state index in [1.165, 1.54) is 0 Å². The molecule has 1 heterocycles. The first-order chi connectivity index (χ1) is 10.1. The van der Waals surface area contributed by atoms with Crippen molar-refractivity contribution >= 4 is 0 Å². The second-order valence-electron chi connectivity index (χ2n) is 4.83. The van der Waals surface area contributed by atoms with Crippen molar-refractivity contribution in [1.29, 1.82) is 0 Å². The van der Waals surface area contributed by atoms with Gasteiger partial charge >= 0.3 is 0 Å². The third-order valence-electron chi connectivity index (χ3n) is 3.15. The van der Waals surface area contributed by atoms with Crippen molar-refractivity contribution in [1.82, 2.24) is 10.3 Å². The Labute approximate surface area is 125 Å². The predicted molar refractivity (Wildman–Crippen MR) is 80.7 cm³/mol. The summed E-state index contributed by atoms with van der Waals surface area (Å²) in [5, 5.41) is 3.38. The third-order valence-corrected chi connectivity index (χ3v) is 3.15. The fourth-order valence-electron chi connectivity index (χ4n) is 2.03. The van der Waals surface area contributed by atoms with Crippen LogP contribution in [0.15, 0.2) is 28.8 Å². The molecule has 0 saturated carbocycles. The van der Waals surface area contributed by atoms with Gasteiger partial charge in [-0.15, -0.1) is 0 Å². The molecule has 2 aromatic rings. The number of aryl methyl sites for hydroxylation is 1. The zero-order valence-electron chi connectivity index (χ0n) is 13.0. The quantitative estimate of drug-likeness (QED) is 0.848. The lowest BCUT2D eigenvalue weighted by Gasteiger charge is -2.13. The highest BCUT2D eigenvalue weighted by atomic mass is 16.5. The number of aromatic nitrogens is 1. The number of oxazole rings is 1. The first-order valence-corrected chi connectivity index (χ1v) is 7.09. The minimum Gasteiger partial charge on any atom is -0.493 e. The van der Waals surface area contributed by atoms with Crippen LogP contribution >= 0.6 is 0 Å². The van der Waals surface area contributed by atoms with E-state index < -0.39 is 0 Å². The SMILES string of the molecule is CCOc1cc(CNC(C)c2ncc(C)o2)ccc1OC. The number of hydrogen-bond acceptors (Lipinski definition) is 5. The molecule has 1 atom stereocenters. The Morgan fingerprint density at radius 3 is 2.76 bits per heavy atom. The van der Waals surface area contributed by atoms with Crippen LogP contribution in [0.4, 0.5) is 0 Å². The molecule has 0 fully saturated rings. The molecule has 0 amide bonds. The molecule has 0 spiro atoms. The fraction of sp³-hybridized carbons (Fsp3) is 0.438. The van der Waals surface area contributed by atoms with Gasteiger partial charge < -0.3 is 19.2 Å². The highest BCUT2D eigenvalue weighted by Gasteiger charge is 2.11. The molecule has 1 aromatic carbocycles. The first-order valence-electron chi connectivity index (χ1n) is 7.09. The Bertz CT molecular complexity index is 581. The average molecular weight is 290 g/mol. The Balaban J connectivity index is 2.01. The summed E-state index contributed by atoms with van der Waals surface area (Å²) < 4.78 is 16.4. The lowest BCUT2D eigenvalue weighted by Crippen LogP contribution is -2.18. The van der Waals surface area contributed by atoms with Gasteiger partial charge in [0.15, 0.2) is 11.5 Å². The molecule has 2 rings (SSSR count). The number of rotatable bonds is 7. The van der Waals surface area contributed by atoms with Crippen LogP contribution in [-0.4, -0.2) is 18.7 Å². The molecular formula is C16H22N2O3. The van der Waals surface area contributed by atoms with Crippen molar-refractivity contribution in [3.05, 3.63) is 41.6 Å². The minimum atomic E-state index is 0.0522. The lowest BCUT2D eigenvalue weighted by molar-refractivity contribution is 0.310. The minimum absolute atomic E-state index is 0.0522. The fourth-order valence-corrected chi connectivity index (χ4v) is 2.03. The van der Waals surface area contributed by atoms with E-state index in [2.05, 4.69) is 10.3 Å². The maximum atomic E-state index is 5.58. The van der Waals surface area contributed by atoms with E-state index >= 15 is 0 Å². The van der Waals surface area contributed by atoms with Gasteiger partial charge in [0.05, 0.1) is 26.0 Å². The first kappa shape index (κ1) is 15.4. The van der Waals surface area contributed by atoms with Gasteiger partial charge in [-0.25, -0.2) is 4.98 Å². The Morgan fingerprint density at radius 1 is 1.33 bits per heavy atom. The largest absolute Gasteiger partial charge is 0.493 e. The molecule has 5 nitrogen and oxygen atoms in total. The maximum Gasteiger partial charge on any atom is 0.211 e. The van der Waals surface area contributed by atoms with Crippen LogP contribution in [0.25, 0.3) is 0 Å². The van der Waals surface area contributed by atoms with Crippen LogP contribution in [0, 0.1) is 6.92 Å². The van der Waals surface area contributed by atoms with Crippen LogP contribution in [0.5, 0.6) is 11.5 Å². The lowest BCUT2D eigenvalue weighted by atomic mass is 10.2. The number of nitrogens with zero attached hydrogens (tertiary/aromatic N) is 1. The summed E-state index contributed by atoms with van der Waals surface area (Å²) in [7, 11) is 1.64. The summed E-state index contributed by atoms with van der Waals surface area (Å²) in [6, 6.07) is 5.98. The van der Waals surface area contributed by atoms with Crippen molar-refractivity contribution in [3.63, 3.8) is 0 Å². The maximum absolute atomic E-state index is 5.58. The zero-order chi connectivity index (χ0) is 15.2. The molecule has 0 radical (unpaired) electrons. The van der Waals surface area contributed by atoms with Gasteiger partial charge in [0.1, 0.15) is 5.76 Å². The normalized spacial score (nSPS) is 12.2. The van der Waals surface area contributed by atoms with Gasteiger partial charge in [0, 0.05) is 6.54 Å². The molecule has 21 heavy (non-hydrogen) atoms. The monoisotopic (exact) mass is 290 g/mol. The second-order valence-corrected chi connectivity index (χ2v) is 4.83. The van der Waals surface area contributed by atoms with E-state index in [9.17, 15) is 0 Å². The van der Waals surface area contributed by atoms with Crippen LogP contribution < -0.4 is 14.8 Å². The van der Waals surface area contributed by atoms with Crippen LogP contribution in [0.1, 0.15) is 37.1 Å². The molecule has 0 aliphatic rings. The van der Waals surface area contributed by atoms with Gasteiger partial charge in [-0.3, -0.25) is 0 Å². The van der Waals surface area contributed by atoms with Crippen molar-refractivity contribution in [2.45, 2.75) is 33.4 Å². The van der Waals surface area contributed by atoms with Gasteiger partial charge in [-0.05, 0) is 38.5 Å². The van der Waals surface area contributed by atoms with Gasteiger partial charge in [-0.2, -0.15) is 0 Å². The molecule has 0 aliphatic carbocycles. The topological polar surface area (TPSA) is 56.5 Å². The molecule has 0 saturated heterocycles. The van der Waals surface area contributed by atoms with E-state index in [-0.39, 0.29) is 6.04 Å². The number of benzene rings is 1. The van der Waals surface area contributed by atoms with Crippen LogP contribution in [0.3, 0.4) is 0 Å². The number of nitrogens with one attached hydrogen (secondary N) is 1. The number of methoxy groups -OCH3 is 1. The molecule has 1 aromatic heterocycles. The number of hydrogen-bond donors (Lipinski definition) is 1. The van der Waals surface area contributed by atoms with E-state index in [1.807, 2.05) is 39.0 Å². The van der Waals surface area contributed by atoms with E-state index in [0.29, 0.717) is 19.0 Å². The van der Waals surface area contributed by atoms with Crippen molar-refractivity contribution in [3.8, 4) is 11.5 Å². The molecular weight excluding hydrogens is 268 g/mol. The number of ether oxygens (including phenoxy) is 2. The third kappa shape index (κ3) is 3.98. The van der Waals surface area contributed by atoms with Crippen LogP contribution in [-0.2, 0) is 6.54 Å². The summed E-state index contributed by atoms with van der Waals surface area (Å²) in [5.74, 6) is 3.03. The van der Waals surface area contributed by atoms with E-state index in [1.54, 1.807) is 13.3 Å². The molecule has 114 valence electrons. The van der Waals surface area contributed by atoms with Crippen molar-refractivity contribution in [2.24, 2.45) is 0 Å². The van der Waals surface area contributed by atoms with Gasteiger partial charge in [-0.1, -0.05) is 6.07 Å². The summed E-state index contributed by atoms with van der Waals surface area (Å²) in [6.07, 6.45) is 1.73. The summed E-state index contributed by atoms with van der Waals surface area (Å²) >= 11 is 0.